The lowest BCUT2D eigenvalue weighted by atomic mass is 10.2. The fraction of sp³-hybridized carbons (Fsp3) is 0.417. The third kappa shape index (κ3) is 4.46. The molecule has 100 valence electrons. The van der Waals surface area contributed by atoms with Crippen molar-refractivity contribution in [2.24, 2.45) is 0 Å². The van der Waals surface area contributed by atoms with E-state index in [1.165, 1.54) is 24.3 Å². The molecule has 0 aliphatic heterocycles. The molecule has 6 heteroatoms. The Kier molecular flexibility index (Phi) is 5.30. The van der Waals surface area contributed by atoms with Crippen LogP contribution in [0, 0.1) is 0 Å². The normalized spacial score (nSPS) is 11.2. The second-order valence-corrected chi connectivity index (χ2v) is 5.92. The van der Waals surface area contributed by atoms with Gasteiger partial charge >= 0.3 is 0 Å². The Labute approximate surface area is 108 Å². The highest BCUT2D eigenvalue weighted by molar-refractivity contribution is 7.90. The number of hydrogen-bond acceptors (Lipinski definition) is 4. The van der Waals surface area contributed by atoms with Crippen molar-refractivity contribution in [3.05, 3.63) is 29.8 Å². The average Bonchev–Trinajstić information content (AvgIpc) is 2.33. The number of rotatable bonds is 6. The molecule has 0 radical (unpaired) electrons. The SMILES string of the molecule is CCNCCNC(=O)c1ccc(S(C)(=O)=O)cc1. The Morgan fingerprint density at radius 3 is 2.28 bits per heavy atom. The van der Waals surface area contributed by atoms with E-state index in [4.69, 9.17) is 0 Å². The smallest absolute Gasteiger partial charge is 0.251 e. The van der Waals surface area contributed by atoms with Crippen LogP contribution in [0.15, 0.2) is 29.2 Å². The van der Waals surface area contributed by atoms with Crippen molar-refractivity contribution in [1.82, 2.24) is 10.6 Å². The molecule has 2 N–H and O–H groups in total. The van der Waals surface area contributed by atoms with Gasteiger partial charge in [-0.25, -0.2) is 8.42 Å². The minimum absolute atomic E-state index is 0.201. The van der Waals surface area contributed by atoms with E-state index >= 15 is 0 Å². The van der Waals surface area contributed by atoms with Crippen LogP contribution < -0.4 is 10.6 Å². The largest absolute Gasteiger partial charge is 0.351 e. The van der Waals surface area contributed by atoms with Gasteiger partial charge in [0.05, 0.1) is 4.90 Å². The van der Waals surface area contributed by atoms with Gasteiger partial charge in [-0.2, -0.15) is 0 Å². The molecule has 1 amide bonds. The van der Waals surface area contributed by atoms with Crippen molar-refractivity contribution in [1.29, 1.82) is 0 Å². The predicted octanol–water partition coefficient (Wildman–Crippen LogP) is 0.429. The van der Waals surface area contributed by atoms with E-state index in [1.54, 1.807) is 0 Å². The monoisotopic (exact) mass is 270 g/mol. The lowest BCUT2D eigenvalue weighted by molar-refractivity contribution is 0.0954. The molecule has 0 aromatic heterocycles. The van der Waals surface area contributed by atoms with E-state index in [0.717, 1.165) is 12.8 Å². The summed E-state index contributed by atoms with van der Waals surface area (Å²) >= 11 is 0. The standard InChI is InChI=1S/C12H18N2O3S/c1-3-13-8-9-14-12(15)10-4-6-11(7-5-10)18(2,16)17/h4-7,13H,3,8-9H2,1-2H3,(H,14,15). The summed E-state index contributed by atoms with van der Waals surface area (Å²) in [6, 6.07) is 5.90. The molecule has 0 bridgehead atoms. The van der Waals surface area contributed by atoms with E-state index in [-0.39, 0.29) is 10.8 Å². The molecule has 1 aromatic rings. The van der Waals surface area contributed by atoms with Crippen LogP contribution >= 0.6 is 0 Å². The topological polar surface area (TPSA) is 75.3 Å². The van der Waals surface area contributed by atoms with E-state index in [9.17, 15) is 13.2 Å². The third-order valence-corrected chi connectivity index (χ3v) is 3.51. The highest BCUT2D eigenvalue weighted by Crippen LogP contribution is 2.10. The van der Waals surface area contributed by atoms with Crippen LogP contribution in [0.3, 0.4) is 0 Å². The summed E-state index contributed by atoms with van der Waals surface area (Å²) in [7, 11) is -3.21. The molecule has 0 atom stereocenters. The summed E-state index contributed by atoms with van der Waals surface area (Å²) in [5.41, 5.74) is 0.457. The van der Waals surface area contributed by atoms with Gasteiger partial charge in [-0.15, -0.1) is 0 Å². The zero-order valence-corrected chi connectivity index (χ0v) is 11.4. The third-order valence-electron chi connectivity index (χ3n) is 2.38. The van der Waals surface area contributed by atoms with E-state index in [0.29, 0.717) is 18.7 Å². The van der Waals surface area contributed by atoms with Gasteiger partial charge in [-0.05, 0) is 30.8 Å². The van der Waals surface area contributed by atoms with Gasteiger partial charge in [0.2, 0.25) is 0 Å². The maximum Gasteiger partial charge on any atom is 0.251 e. The first-order valence-electron chi connectivity index (χ1n) is 5.74. The molecule has 0 saturated carbocycles. The van der Waals surface area contributed by atoms with Crippen LogP contribution in [0.25, 0.3) is 0 Å². The molecule has 0 saturated heterocycles. The molecule has 0 heterocycles. The summed E-state index contributed by atoms with van der Waals surface area (Å²) in [6.45, 7) is 4.11. The van der Waals surface area contributed by atoms with Crippen LogP contribution in [-0.4, -0.2) is 40.2 Å². The summed E-state index contributed by atoms with van der Waals surface area (Å²) < 4.78 is 22.5. The average molecular weight is 270 g/mol. The zero-order valence-electron chi connectivity index (χ0n) is 10.6. The van der Waals surface area contributed by atoms with Crippen LogP contribution in [0.4, 0.5) is 0 Å². The first-order chi connectivity index (χ1) is 8.45. The Morgan fingerprint density at radius 2 is 1.78 bits per heavy atom. The second-order valence-electron chi connectivity index (χ2n) is 3.91. The first kappa shape index (κ1) is 14.7. The van der Waals surface area contributed by atoms with Crippen molar-refractivity contribution in [2.45, 2.75) is 11.8 Å². The number of benzene rings is 1. The van der Waals surface area contributed by atoms with Gasteiger partial charge in [0.15, 0.2) is 9.84 Å². The Bertz CT molecular complexity index is 495. The Morgan fingerprint density at radius 1 is 1.17 bits per heavy atom. The summed E-state index contributed by atoms with van der Waals surface area (Å²) in [6.07, 6.45) is 1.14. The Hall–Kier alpha value is -1.40. The summed E-state index contributed by atoms with van der Waals surface area (Å²) in [5, 5.41) is 5.83. The lowest BCUT2D eigenvalue weighted by Gasteiger charge is -2.06. The van der Waals surface area contributed by atoms with Gasteiger partial charge in [0.25, 0.3) is 5.91 Å². The van der Waals surface area contributed by atoms with Crippen molar-refractivity contribution in [2.75, 3.05) is 25.9 Å². The first-order valence-corrected chi connectivity index (χ1v) is 7.63. The van der Waals surface area contributed by atoms with Crippen molar-refractivity contribution < 1.29 is 13.2 Å². The van der Waals surface area contributed by atoms with Crippen LogP contribution in [0.1, 0.15) is 17.3 Å². The second kappa shape index (κ2) is 6.51. The molecule has 0 spiro atoms. The van der Waals surface area contributed by atoms with E-state index in [1.807, 2.05) is 6.92 Å². The number of amides is 1. The quantitative estimate of drug-likeness (QED) is 0.735. The van der Waals surface area contributed by atoms with Crippen molar-refractivity contribution in [3.8, 4) is 0 Å². The molecular weight excluding hydrogens is 252 g/mol. The molecule has 0 aliphatic carbocycles. The molecule has 0 unspecified atom stereocenters. The molecular formula is C12H18N2O3S. The van der Waals surface area contributed by atoms with Crippen molar-refractivity contribution >= 4 is 15.7 Å². The predicted molar refractivity (Wildman–Crippen MR) is 70.4 cm³/mol. The van der Waals surface area contributed by atoms with Gasteiger partial charge in [-0.1, -0.05) is 6.92 Å². The number of nitrogens with one attached hydrogen (secondary N) is 2. The van der Waals surface area contributed by atoms with Crippen molar-refractivity contribution in [3.63, 3.8) is 0 Å². The molecule has 0 fully saturated rings. The van der Waals surface area contributed by atoms with Gasteiger partial charge in [-0.3, -0.25) is 4.79 Å². The molecule has 18 heavy (non-hydrogen) atoms. The van der Waals surface area contributed by atoms with Gasteiger partial charge in [0.1, 0.15) is 0 Å². The number of sulfone groups is 1. The summed E-state index contributed by atoms with van der Waals surface area (Å²) in [5.74, 6) is -0.201. The highest BCUT2D eigenvalue weighted by Gasteiger charge is 2.09. The van der Waals surface area contributed by atoms with Crippen LogP contribution in [0.5, 0.6) is 0 Å². The minimum Gasteiger partial charge on any atom is -0.351 e. The minimum atomic E-state index is -3.21. The van der Waals surface area contributed by atoms with E-state index < -0.39 is 9.84 Å². The Balaban J connectivity index is 2.60. The molecule has 1 rings (SSSR count). The maximum absolute atomic E-state index is 11.7. The molecule has 1 aromatic carbocycles. The lowest BCUT2D eigenvalue weighted by Crippen LogP contribution is -2.31. The number of hydrogen-bond donors (Lipinski definition) is 2. The number of likely N-dealkylation sites (N-methyl/N-ethyl adjacent to an activating group) is 1. The fourth-order valence-electron chi connectivity index (χ4n) is 1.40. The zero-order chi connectivity index (χ0) is 13.6. The maximum atomic E-state index is 11.7. The molecule has 5 nitrogen and oxygen atoms in total. The number of carbonyl (C=O) groups excluding carboxylic acids is 1. The molecule has 0 aliphatic rings. The van der Waals surface area contributed by atoms with Gasteiger partial charge in [0, 0.05) is 24.9 Å². The van der Waals surface area contributed by atoms with Crippen LogP contribution in [0.2, 0.25) is 0 Å². The van der Waals surface area contributed by atoms with Crippen LogP contribution in [-0.2, 0) is 9.84 Å². The van der Waals surface area contributed by atoms with E-state index in [2.05, 4.69) is 10.6 Å². The highest BCUT2D eigenvalue weighted by atomic mass is 32.2. The number of carbonyl (C=O) groups is 1. The van der Waals surface area contributed by atoms with Gasteiger partial charge < -0.3 is 10.6 Å². The fourth-order valence-corrected chi connectivity index (χ4v) is 2.03. The summed E-state index contributed by atoms with van der Waals surface area (Å²) in [4.78, 5) is 11.9.